The average molecular weight is 384 g/mol. The molecule has 1 aromatic carbocycles. The van der Waals surface area contributed by atoms with E-state index in [1.807, 2.05) is 6.07 Å². The van der Waals surface area contributed by atoms with Crippen LogP contribution in [0.25, 0.3) is 16.7 Å². The van der Waals surface area contributed by atoms with Crippen LogP contribution in [0.4, 0.5) is 0 Å². The number of nitrogens with zero attached hydrogens (tertiary/aromatic N) is 4. The number of benzene rings is 1. The van der Waals surface area contributed by atoms with Gasteiger partial charge in [0.2, 0.25) is 5.91 Å². The Hall–Kier alpha value is -3.39. The molecule has 3 heterocycles. The van der Waals surface area contributed by atoms with Crippen LogP contribution in [0, 0.1) is 0 Å². The lowest BCUT2D eigenvalue weighted by Gasteiger charge is -2.07. The number of hydrogen-bond donors (Lipinski definition) is 1. The summed E-state index contributed by atoms with van der Waals surface area (Å²) in [6.45, 7) is 0.105. The predicted octanol–water partition coefficient (Wildman–Crippen LogP) is 2.14. The lowest BCUT2D eigenvalue weighted by molar-refractivity contribution is -0.122. The van der Waals surface area contributed by atoms with Crippen LogP contribution in [-0.4, -0.2) is 25.2 Å². The molecule has 136 valence electrons. The van der Waals surface area contributed by atoms with Crippen molar-refractivity contribution in [2.24, 2.45) is 0 Å². The average Bonchev–Trinajstić information content (AvgIpc) is 3.32. The van der Waals surface area contributed by atoms with Gasteiger partial charge in [-0.25, -0.2) is 9.67 Å². The molecule has 0 aliphatic carbocycles. The molecule has 0 spiro atoms. The highest BCUT2D eigenvalue weighted by Crippen LogP contribution is 2.17. The molecule has 0 bridgehead atoms. The zero-order valence-corrected chi connectivity index (χ0v) is 14.8. The lowest BCUT2D eigenvalue weighted by Crippen LogP contribution is -2.32. The largest absolute Gasteiger partial charge is 0.467 e. The molecule has 0 saturated carbocycles. The second kappa shape index (κ2) is 7.08. The number of nitrogens with one attached hydrogen (secondary N) is 1. The number of furan rings is 1. The summed E-state index contributed by atoms with van der Waals surface area (Å²) in [5, 5.41) is 7.79. The molecule has 4 rings (SSSR count). The number of rotatable bonds is 5. The number of carbonyl (C=O) groups is 1. The van der Waals surface area contributed by atoms with Crippen LogP contribution in [0.2, 0.25) is 5.02 Å². The van der Waals surface area contributed by atoms with Crippen molar-refractivity contribution in [2.75, 3.05) is 0 Å². The van der Waals surface area contributed by atoms with Crippen LogP contribution in [0.5, 0.6) is 0 Å². The maximum atomic E-state index is 12.7. The van der Waals surface area contributed by atoms with E-state index in [9.17, 15) is 9.59 Å². The summed E-state index contributed by atoms with van der Waals surface area (Å²) >= 11 is 6.01. The van der Waals surface area contributed by atoms with E-state index < -0.39 is 0 Å². The highest BCUT2D eigenvalue weighted by Gasteiger charge is 2.13. The van der Waals surface area contributed by atoms with Gasteiger partial charge in [0, 0.05) is 5.02 Å². The molecule has 3 aromatic heterocycles. The number of hydrogen-bond acceptors (Lipinski definition) is 5. The van der Waals surface area contributed by atoms with Crippen LogP contribution < -0.4 is 10.9 Å². The summed E-state index contributed by atoms with van der Waals surface area (Å²) in [6.07, 6.45) is 4.30. The number of amides is 1. The normalized spacial score (nSPS) is 11.0. The second-order valence-corrected chi connectivity index (χ2v) is 6.24. The Morgan fingerprint density at radius 3 is 2.93 bits per heavy atom. The van der Waals surface area contributed by atoms with Gasteiger partial charge < -0.3 is 9.73 Å². The van der Waals surface area contributed by atoms with E-state index in [0.717, 1.165) is 0 Å². The van der Waals surface area contributed by atoms with E-state index in [1.54, 1.807) is 30.3 Å². The molecular formula is C18H14ClN5O3. The third-order valence-electron chi connectivity index (χ3n) is 3.96. The molecule has 0 atom stereocenters. The zero-order chi connectivity index (χ0) is 18.8. The Kier molecular flexibility index (Phi) is 4.47. The molecule has 1 N–H and O–H groups in total. The van der Waals surface area contributed by atoms with E-state index in [-0.39, 0.29) is 24.6 Å². The van der Waals surface area contributed by atoms with Gasteiger partial charge in [-0.2, -0.15) is 5.10 Å². The van der Waals surface area contributed by atoms with E-state index in [4.69, 9.17) is 16.0 Å². The Bertz CT molecular complexity index is 1160. The fourth-order valence-corrected chi connectivity index (χ4v) is 2.85. The molecule has 27 heavy (non-hydrogen) atoms. The molecular weight excluding hydrogens is 370 g/mol. The molecule has 9 heteroatoms. The third-order valence-corrected chi connectivity index (χ3v) is 4.20. The van der Waals surface area contributed by atoms with Crippen LogP contribution in [0.1, 0.15) is 5.76 Å². The number of carbonyl (C=O) groups excluding carboxylic acids is 1. The lowest BCUT2D eigenvalue weighted by atomic mass is 10.3. The summed E-state index contributed by atoms with van der Waals surface area (Å²) in [5.74, 6) is 0.309. The summed E-state index contributed by atoms with van der Waals surface area (Å²) in [4.78, 5) is 29.0. The summed E-state index contributed by atoms with van der Waals surface area (Å²) in [7, 11) is 0. The SMILES string of the molecule is O=C(Cn1cnc2c(cnn2-c2cccc(Cl)c2)c1=O)NCc1ccco1. The van der Waals surface area contributed by atoms with E-state index in [1.165, 1.54) is 28.0 Å². The molecule has 0 aliphatic rings. The smallest absolute Gasteiger partial charge is 0.264 e. The molecule has 0 aliphatic heterocycles. The van der Waals surface area contributed by atoms with Crippen molar-refractivity contribution in [1.82, 2.24) is 24.6 Å². The first-order valence-corrected chi connectivity index (χ1v) is 8.48. The van der Waals surface area contributed by atoms with Crippen molar-refractivity contribution in [3.05, 3.63) is 76.3 Å². The minimum Gasteiger partial charge on any atom is -0.467 e. The quantitative estimate of drug-likeness (QED) is 0.569. The fourth-order valence-electron chi connectivity index (χ4n) is 2.67. The summed E-state index contributed by atoms with van der Waals surface area (Å²) in [6, 6.07) is 10.6. The van der Waals surface area contributed by atoms with Crippen molar-refractivity contribution >= 4 is 28.5 Å². The van der Waals surface area contributed by atoms with Crippen molar-refractivity contribution in [3.8, 4) is 5.69 Å². The van der Waals surface area contributed by atoms with Gasteiger partial charge in [-0.1, -0.05) is 17.7 Å². The zero-order valence-electron chi connectivity index (χ0n) is 14.0. The molecule has 8 nitrogen and oxygen atoms in total. The number of aromatic nitrogens is 4. The van der Waals surface area contributed by atoms with Crippen LogP contribution in [-0.2, 0) is 17.9 Å². The summed E-state index contributed by atoms with van der Waals surface area (Å²) in [5.41, 5.74) is 0.745. The van der Waals surface area contributed by atoms with E-state index >= 15 is 0 Å². The maximum absolute atomic E-state index is 12.7. The van der Waals surface area contributed by atoms with Crippen LogP contribution >= 0.6 is 11.6 Å². The van der Waals surface area contributed by atoms with Crippen molar-refractivity contribution in [2.45, 2.75) is 13.1 Å². The van der Waals surface area contributed by atoms with Crippen molar-refractivity contribution in [3.63, 3.8) is 0 Å². The van der Waals surface area contributed by atoms with Gasteiger partial charge in [-0.05, 0) is 30.3 Å². The molecule has 0 saturated heterocycles. The number of halogens is 1. The van der Waals surface area contributed by atoms with Gasteiger partial charge in [0.1, 0.15) is 24.0 Å². The molecule has 0 unspecified atom stereocenters. The molecule has 1 amide bonds. The Morgan fingerprint density at radius 2 is 2.15 bits per heavy atom. The van der Waals surface area contributed by atoms with Gasteiger partial charge in [-0.15, -0.1) is 0 Å². The predicted molar refractivity (Wildman–Crippen MR) is 98.7 cm³/mol. The highest BCUT2D eigenvalue weighted by atomic mass is 35.5. The van der Waals surface area contributed by atoms with Gasteiger partial charge in [0.25, 0.3) is 5.56 Å². The standard InChI is InChI=1S/C18H14ClN5O3/c19-12-3-1-4-13(7-12)24-17-15(9-22-24)18(26)23(11-21-17)10-16(25)20-8-14-5-2-6-27-14/h1-7,9,11H,8,10H2,(H,20,25). The third kappa shape index (κ3) is 3.47. The molecule has 4 aromatic rings. The summed E-state index contributed by atoms with van der Waals surface area (Å²) < 4.78 is 7.92. The molecule has 0 radical (unpaired) electrons. The van der Waals surface area contributed by atoms with Crippen LogP contribution in [0.15, 0.2) is 64.4 Å². The topological polar surface area (TPSA) is 95.0 Å². The van der Waals surface area contributed by atoms with Crippen molar-refractivity contribution in [1.29, 1.82) is 0 Å². The fraction of sp³-hybridized carbons (Fsp3) is 0.111. The Balaban J connectivity index is 1.58. The van der Waals surface area contributed by atoms with E-state index in [0.29, 0.717) is 27.5 Å². The monoisotopic (exact) mass is 383 g/mol. The van der Waals surface area contributed by atoms with Crippen molar-refractivity contribution < 1.29 is 9.21 Å². The van der Waals surface area contributed by atoms with Crippen LogP contribution in [0.3, 0.4) is 0 Å². The minimum atomic E-state index is -0.346. The molecule has 0 fully saturated rings. The second-order valence-electron chi connectivity index (χ2n) is 5.81. The van der Waals surface area contributed by atoms with Gasteiger partial charge in [0.05, 0.1) is 24.7 Å². The maximum Gasteiger partial charge on any atom is 0.264 e. The Morgan fingerprint density at radius 1 is 1.26 bits per heavy atom. The van der Waals surface area contributed by atoms with Gasteiger partial charge in [0.15, 0.2) is 5.65 Å². The number of fused-ring (bicyclic) bond motifs is 1. The van der Waals surface area contributed by atoms with Gasteiger partial charge >= 0.3 is 0 Å². The minimum absolute atomic E-state index is 0.148. The Labute approximate surface area is 158 Å². The first-order valence-electron chi connectivity index (χ1n) is 8.10. The van der Waals surface area contributed by atoms with Gasteiger partial charge in [-0.3, -0.25) is 14.2 Å². The highest BCUT2D eigenvalue weighted by molar-refractivity contribution is 6.30. The first-order chi connectivity index (χ1) is 13.1. The first kappa shape index (κ1) is 17.0. The van der Waals surface area contributed by atoms with E-state index in [2.05, 4.69) is 15.4 Å².